The molecule has 0 saturated carbocycles. The summed E-state index contributed by atoms with van der Waals surface area (Å²) in [6, 6.07) is 3.84. The molecule has 0 unspecified atom stereocenters. The van der Waals surface area contributed by atoms with Crippen molar-refractivity contribution in [2.24, 2.45) is 0 Å². The van der Waals surface area contributed by atoms with Crippen LogP contribution in [-0.2, 0) is 0 Å². The van der Waals surface area contributed by atoms with Crippen molar-refractivity contribution in [2.45, 2.75) is 12.8 Å². The third-order valence-corrected chi connectivity index (χ3v) is 2.82. The van der Waals surface area contributed by atoms with Crippen molar-refractivity contribution in [3.8, 4) is 5.75 Å². The predicted octanol–water partition coefficient (Wildman–Crippen LogP) is 4.16. The molecule has 0 amide bonds. The number of ketones is 1. The van der Waals surface area contributed by atoms with Crippen LogP contribution in [0.1, 0.15) is 16.8 Å². The first-order valence-corrected chi connectivity index (χ1v) is 5.81. The highest BCUT2D eigenvalue weighted by atomic mass is 79.9. The van der Waals surface area contributed by atoms with Gasteiger partial charge in [-0.15, -0.1) is 24.8 Å². The fourth-order valence-corrected chi connectivity index (χ4v) is 1.89. The Hall–Kier alpha value is -0.750. The highest BCUT2D eigenvalue weighted by Gasteiger charge is 2.32. The molecule has 0 heterocycles. The van der Waals surface area contributed by atoms with Gasteiger partial charge < -0.3 is 4.74 Å². The van der Waals surface area contributed by atoms with Crippen molar-refractivity contribution >= 4 is 33.3 Å². The fourth-order valence-electron chi connectivity index (χ4n) is 1.15. The molecule has 1 aromatic rings. The fraction of sp³-hybridized carbons (Fsp3) is 0.300. The molecule has 0 aliphatic heterocycles. The molecule has 0 aliphatic carbocycles. The van der Waals surface area contributed by atoms with E-state index in [4.69, 9.17) is 11.6 Å². The summed E-state index contributed by atoms with van der Waals surface area (Å²) < 4.78 is 39.9. The van der Waals surface area contributed by atoms with Crippen molar-refractivity contribution in [1.29, 1.82) is 0 Å². The standard InChI is InChI=1S/C10H7BrClF3O2/c11-9-6(7(16)4-5-12)2-1-3-8(9)17-10(13,14)15/h1-3H,4-5H2. The predicted molar refractivity (Wildman–Crippen MR) is 60.5 cm³/mol. The molecule has 7 heteroatoms. The van der Waals surface area contributed by atoms with E-state index in [2.05, 4.69) is 20.7 Å². The van der Waals surface area contributed by atoms with Gasteiger partial charge in [-0.05, 0) is 28.1 Å². The van der Waals surface area contributed by atoms with Gasteiger partial charge in [-0.2, -0.15) is 0 Å². The maximum absolute atomic E-state index is 12.1. The Labute approximate surface area is 109 Å². The van der Waals surface area contributed by atoms with Crippen LogP contribution >= 0.6 is 27.5 Å². The van der Waals surface area contributed by atoms with Crippen molar-refractivity contribution in [1.82, 2.24) is 0 Å². The molecular weight excluding hydrogens is 324 g/mol. The Balaban J connectivity index is 3.03. The largest absolute Gasteiger partial charge is 0.573 e. The maximum Gasteiger partial charge on any atom is 0.573 e. The third-order valence-electron chi connectivity index (χ3n) is 1.81. The van der Waals surface area contributed by atoms with Crippen LogP contribution in [-0.4, -0.2) is 18.0 Å². The topological polar surface area (TPSA) is 26.3 Å². The van der Waals surface area contributed by atoms with Crippen LogP contribution < -0.4 is 4.74 Å². The second-order valence-electron chi connectivity index (χ2n) is 3.03. The Kier molecular flexibility index (Phi) is 4.82. The molecule has 0 fully saturated rings. The minimum atomic E-state index is -4.79. The van der Waals surface area contributed by atoms with Gasteiger partial charge in [-0.1, -0.05) is 6.07 Å². The number of Topliss-reactive ketones (excluding diaryl/α,β-unsaturated/α-hetero) is 1. The number of hydrogen-bond acceptors (Lipinski definition) is 2. The zero-order valence-corrected chi connectivity index (χ0v) is 10.7. The average molecular weight is 332 g/mol. The smallest absolute Gasteiger partial charge is 0.405 e. The molecule has 0 atom stereocenters. The lowest BCUT2D eigenvalue weighted by atomic mass is 10.1. The molecule has 0 radical (unpaired) electrons. The van der Waals surface area contributed by atoms with E-state index < -0.39 is 12.1 Å². The van der Waals surface area contributed by atoms with Gasteiger partial charge in [-0.3, -0.25) is 4.79 Å². The first kappa shape index (κ1) is 14.3. The van der Waals surface area contributed by atoms with E-state index in [0.717, 1.165) is 6.07 Å². The molecule has 1 rings (SSSR count). The Morgan fingerprint density at radius 3 is 2.59 bits per heavy atom. The van der Waals surface area contributed by atoms with E-state index in [0.29, 0.717) is 0 Å². The van der Waals surface area contributed by atoms with Gasteiger partial charge in [0.1, 0.15) is 5.75 Å². The van der Waals surface area contributed by atoms with Crippen LogP contribution in [0.4, 0.5) is 13.2 Å². The molecule has 2 nitrogen and oxygen atoms in total. The number of benzene rings is 1. The molecule has 0 N–H and O–H groups in total. The zero-order valence-electron chi connectivity index (χ0n) is 8.35. The highest BCUT2D eigenvalue weighted by Crippen LogP contribution is 2.33. The number of ether oxygens (including phenoxy) is 1. The van der Waals surface area contributed by atoms with Crippen LogP contribution in [0.5, 0.6) is 5.75 Å². The van der Waals surface area contributed by atoms with Crippen molar-refractivity contribution < 1.29 is 22.7 Å². The summed E-state index contributed by atoms with van der Waals surface area (Å²) >= 11 is 8.31. The minimum absolute atomic E-state index is 0.0209. The van der Waals surface area contributed by atoms with Crippen LogP contribution in [0.25, 0.3) is 0 Å². The second-order valence-corrected chi connectivity index (χ2v) is 4.20. The Morgan fingerprint density at radius 1 is 1.41 bits per heavy atom. The summed E-state index contributed by atoms with van der Waals surface area (Å²) in [5.41, 5.74) is 0.118. The Morgan fingerprint density at radius 2 is 2.06 bits per heavy atom. The number of alkyl halides is 4. The lowest BCUT2D eigenvalue weighted by Gasteiger charge is -2.12. The highest BCUT2D eigenvalue weighted by molar-refractivity contribution is 9.10. The maximum atomic E-state index is 12.1. The summed E-state index contributed by atoms with van der Waals surface area (Å²) in [7, 11) is 0. The summed E-state index contributed by atoms with van der Waals surface area (Å²) in [5.74, 6) is -0.687. The van der Waals surface area contributed by atoms with E-state index in [-0.39, 0.29) is 28.1 Å². The molecule has 94 valence electrons. The van der Waals surface area contributed by atoms with Gasteiger partial charge in [-0.25, -0.2) is 0 Å². The van der Waals surface area contributed by atoms with Gasteiger partial charge in [0.25, 0.3) is 0 Å². The molecule has 1 aromatic carbocycles. The monoisotopic (exact) mass is 330 g/mol. The van der Waals surface area contributed by atoms with Gasteiger partial charge >= 0.3 is 6.36 Å². The summed E-state index contributed by atoms with van der Waals surface area (Å²) in [6.07, 6.45) is -4.74. The summed E-state index contributed by atoms with van der Waals surface area (Å²) in [5, 5.41) is 0. The molecule has 17 heavy (non-hydrogen) atoms. The third kappa shape index (κ3) is 4.20. The molecule has 0 spiro atoms. The van der Waals surface area contributed by atoms with Gasteiger partial charge in [0.05, 0.1) is 4.47 Å². The lowest BCUT2D eigenvalue weighted by molar-refractivity contribution is -0.274. The van der Waals surface area contributed by atoms with E-state index in [1.807, 2.05) is 0 Å². The van der Waals surface area contributed by atoms with Gasteiger partial charge in [0.2, 0.25) is 0 Å². The number of carbonyl (C=O) groups excluding carboxylic acids is 1. The average Bonchev–Trinajstić information content (AvgIpc) is 2.19. The van der Waals surface area contributed by atoms with E-state index >= 15 is 0 Å². The second kappa shape index (κ2) is 5.73. The number of rotatable bonds is 4. The first-order valence-electron chi connectivity index (χ1n) is 4.48. The molecule has 0 aromatic heterocycles. The van der Waals surface area contributed by atoms with Crippen molar-refractivity contribution in [2.75, 3.05) is 5.88 Å². The summed E-state index contributed by atoms with van der Waals surface area (Å²) in [6.45, 7) is 0. The number of halogens is 5. The van der Waals surface area contributed by atoms with Crippen molar-refractivity contribution in [3.63, 3.8) is 0 Å². The van der Waals surface area contributed by atoms with Gasteiger partial charge in [0, 0.05) is 17.9 Å². The lowest BCUT2D eigenvalue weighted by Crippen LogP contribution is -2.18. The molecule has 0 aliphatic rings. The van der Waals surface area contributed by atoms with Gasteiger partial charge in [0.15, 0.2) is 5.78 Å². The summed E-state index contributed by atoms with van der Waals surface area (Å²) in [4.78, 5) is 11.5. The molecule has 0 bridgehead atoms. The molecule has 0 saturated heterocycles. The first-order chi connectivity index (χ1) is 7.85. The van der Waals surface area contributed by atoms with Crippen molar-refractivity contribution in [3.05, 3.63) is 28.2 Å². The molecular formula is C10H7BrClF3O2. The Bertz CT molecular complexity index is 421. The zero-order chi connectivity index (χ0) is 13.1. The van der Waals surface area contributed by atoms with Crippen LogP contribution in [0.3, 0.4) is 0 Å². The minimum Gasteiger partial charge on any atom is -0.405 e. The quantitative estimate of drug-likeness (QED) is 0.612. The van der Waals surface area contributed by atoms with Crippen LogP contribution in [0, 0.1) is 0 Å². The van der Waals surface area contributed by atoms with E-state index in [1.54, 1.807) is 0 Å². The SMILES string of the molecule is O=C(CCCl)c1cccc(OC(F)(F)F)c1Br. The van der Waals surface area contributed by atoms with E-state index in [9.17, 15) is 18.0 Å². The van der Waals surface area contributed by atoms with E-state index in [1.165, 1.54) is 12.1 Å². The number of carbonyl (C=O) groups is 1. The van der Waals surface area contributed by atoms with Crippen LogP contribution in [0.2, 0.25) is 0 Å². The van der Waals surface area contributed by atoms with Crippen LogP contribution in [0.15, 0.2) is 22.7 Å². The normalized spacial score (nSPS) is 11.4. The number of hydrogen-bond donors (Lipinski definition) is 0.